The standard InChI is InChI=1S/C11H25N4OP/c1-4-11(13)14-8-6-10(2)15-17(3)16-9-5-7-12/h10-11,14-15H,4-6,8-9,13H2,1-3H3. The fourth-order valence-electron chi connectivity index (χ4n) is 1.27. The van der Waals surface area contributed by atoms with Crippen LogP contribution in [-0.4, -0.2) is 32.0 Å². The van der Waals surface area contributed by atoms with Crippen molar-refractivity contribution < 1.29 is 4.52 Å². The van der Waals surface area contributed by atoms with Crippen molar-refractivity contribution >= 4 is 8.30 Å². The van der Waals surface area contributed by atoms with Crippen molar-refractivity contribution in [3.63, 3.8) is 0 Å². The number of nitrogens with one attached hydrogen (secondary N) is 2. The highest BCUT2D eigenvalue weighted by Crippen LogP contribution is 2.27. The normalized spacial score (nSPS) is 16.2. The minimum Gasteiger partial charge on any atom is -0.343 e. The first-order valence-electron chi connectivity index (χ1n) is 6.08. The lowest BCUT2D eigenvalue weighted by Gasteiger charge is -2.20. The largest absolute Gasteiger partial charge is 0.343 e. The van der Waals surface area contributed by atoms with Gasteiger partial charge in [-0.2, -0.15) is 5.26 Å². The van der Waals surface area contributed by atoms with Crippen LogP contribution in [-0.2, 0) is 4.52 Å². The molecule has 0 amide bonds. The summed E-state index contributed by atoms with van der Waals surface area (Å²) in [5, 5.41) is 15.0. The molecule has 6 heteroatoms. The van der Waals surface area contributed by atoms with E-state index in [1.54, 1.807) is 0 Å². The predicted molar refractivity (Wildman–Crippen MR) is 72.5 cm³/mol. The first-order valence-corrected chi connectivity index (χ1v) is 7.79. The van der Waals surface area contributed by atoms with E-state index in [1.165, 1.54) is 0 Å². The molecule has 0 radical (unpaired) electrons. The first-order chi connectivity index (χ1) is 8.10. The summed E-state index contributed by atoms with van der Waals surface area (Å²) in [6, 6.07) is 2.46. The van der Waals surface area contributed by atoms with Gasteiger partial charge in [0, 0.05) is 6.04 Å². The molecule has 4 N–H and O–H groups in total. The number of rotatable bonds is 10. The van der Waals surface area contributed by atoms with Crippen LogP contribution >= 0.6 is 8.30 Å². The zero-order valence-corrected chi connectivity index (χ0v) is 12.0. The van der Waals surface area contributed by atoms with Gasteiger partial charge in [0.15, 0.2) is 0 Å². The van der Waals surface area contributed by atoms with Crippen molar-refractivity contribution in [3.8, 4) is 6.07 Å². The van der Waals surface area contributed by atoms with Crippen molar-refractivity contribution in [1.29, 1.82) is 5.26 Å². The molecular formula is C11H25N4OP. The Labute approximate surface area is 106 Å². The van der Waals surface area contributed by atoms with E-state index in [9.17, 15) is 0 Å². The third-order valence-electron chi connectivity index (χ3n) is 2.32. The summed E-state index contributed by atoms with van der Waals surface area (Å²) in [5.74, 6) is 0. The van der Waals surface area contributed by atoms with Crippen LogP contribution in [0.2, 0.25) is 0 Å². The Morgan fingerprint density at radius 3 is 2.82 bits per heavy atom. The Morgan fingerprint density at radius 1 is 1.53 bits per heavy atom. The molecule has 0 bridgehead atoms. The molecule has 0 aliphatic carbocycles. The predicted octanol–water partition coefficient (Wildman–Crippen LogP) is 1.51. The van der Waals surface area contributed by atoms with Gasteiger partial charge in [-0.05, 0) is 33.0 Å². The van der Waals surface area contributed by atoms with Gasteiger partial charge < -0.3 is 15.6 Å². The molecule has 0 spiro atoms. The van der Waals surface area contributed by atoms with Gasteiger partial charge in [-0.25, -0.2) is 0 Å². The van der Waals surface area contributed by atoms with Crippen LogP contribution in [0.1, 0.15) is 33.1 Å². The maximum atomic E-state index is 8.39. The highest BCUT2D eigenvalue weighted by atomic mass is 31.2. The van der Waals surface area contributed by atoms with E-state index < -0.39 is 8.30 Å². The molecule has 0 fully saturated rings. The summed E-state index contributed by atoms with van der Waals surface area (Å²) in [6.45, 7) is 7.63. The third kappa shape index (κ3) is 10.6. The van der Waals surface area contributed by atoms with Gasteiger partial charge in [0.2, 0.25) is 0 Å². The summed E-state index contributed by atoms with van der Waals surface area (Å²) >= 11 is 0. The molecule has 0 aliphatic heterocycles. The van der Waals surface area contributed by atoms with Gasteiger partial charge in [-0.1, -0.05) is 6.92 Å². The quantitative estimate of drug-likeness (QED) is 0.315. The van der Waals surface area contributed by atoms with E-state index in [1.807, 2.05) is 6.66 Å². The number of hydrogen-bond donors (Lipinski definition) is 3. The van der Waals surface area contributed by atoms with Crippen LogP contribution in [0.15, 0.2) is 0 Å². The Bertz CT molecular complexity index is 222. The smallest absolute Gasteiger partial charge is 0.0981 e. The minimum absolute atomic E-state index is 0.0946. The molecule has 0 rings (SSSR count). The van der Waals surface area contributed by atoms with Gasteiger partial charge in [-0.3, -0.25) is 5.09 Å². The Morgan fingerprint density at radius 2 is 2.24 bits per heavy atom. The van der Waals surface area contributed by atoms with Crippen LogP contribution < -0.4 is 16.1 Å². The average molecular weight is 260 g/mol. The second-order valence-electron chi connectivity index (χ2n) is 4.03. The zero-order chi connectivity index (χ0) is 13.1. The van der Waals surface area contributed by atoms with Gasteiger partial charge in [0.25, 0.3) is 0 Å². The van der Waals surface area contributed by atoms with E-state index in [4.69, 9.17) is 15.5 Å². The molecule has 17 heavy (non-hydrogen) atoms. The molecular weight excluding hydrogens is 235 g/mol. The summed E-state index contributed by atoms with van der Waals surface area (Å²) < 4.78 is 5.49. The summed E-state index contributed by atoms with van der Waals surface area (Å²) in [6.07, 6.45) is 2.51. The van der Waals surface area contributed by atoms with Crippen LogP contribution in [0.5, 0.6) is 0 Å². The van der Waals surface area contributed by atoms with E-state index >= 15 is 0 Å². The molecule has 0 heterocycles. The van der Waals surface area contributed by atoms with Crippen LogP contribution in [0, 0.1) is 11.3 Å². The first kappa shape index (κ1) is 16.8. The molecule has 5 nitrogen and oxygen atoms in total. The maximum absolute atomic E-state index is 8.39. The molecule has 3 unspecified atom stereocenters. The third-order valence-corrected chi connectivity index (χ3v) is 3.70. The van der Waals surface area contributed by atoms with Crippen LogP contribution in [0.3, 0.4) is 0 Å². The molecule has 100 valence electrons. The summed E-state index contributed by atoms with van der Waals surface area (Å²) in [5.41, 5.74) is 5.76. The fraction of sp³-hybridized carbons (Fsp3) is 0.909. The van der Waals surface area contributed by atoms with Crippen LogP contribution in [0.4, 0.5) is 0 Å². The molecule has 0 aromatic heterocycles. The molecule has 3 atom stereocenters. The van der Waals surface area contributed by atoms with Gasteiger partial charge >= 0.3 is 0 Å². The highest BCUT2D eigenvalue weighted by molar-refractivity contribution is 7.49. The zero-order valence-electron chi connectivity index (χ0n) is 11.1. The lowest BCUT2D eigenvalue weighted by Crippen LogP contribution is -2.39. The second-order valence-corrected chi connectivity index (χ2v) is 5.54. The fourth-order valence-corrected chi connectivity index (χ4v) is 2.46. The number of nitrogens with two attached hydrogens (primary N) is 1. The topological polar surface area (TPSA) is 83.1 Å². The Hall–Kier alpha value is -0.240. The Kier molecular flexibility index (Phi) is 10.7. The molecule has 0 aromatic carbocycles. The lowest BCUT2D eigenvalue weighted by molar-refractivity contribution is 0.354. The second kappa shape index (κ2) is 10.9. The Balaban J connectivity index is 3.50. The van der Waals surface area contributed by atoms with E-state index in [0.29, 0.717) is 19.1 Å². The lowest BCUT2D eigenvalue weighted by atomic mass is 10.2. The number of nitrogens with zero attached hydrogens (tertiary/aromatic N) is 1. The maximum Gasteiger partial charge on any atom is 0.0981 e. The van der Waals surface area contributed by atoms with Crippen molar-refractivity contribution in [2.75, 3.05) is 19.8 Å². The molecule has 0 saturated carbocycles. The van der Waals surface area contributed by atoms with Crippen molar-refractivity contribution in [2.45, 2.75) is 45.3 Å². The number of hydrogen-bond acceptors (Lipinski definition) is 5. The highest BCUT2D eigenvalue weighted by Gasteiger charge is 2.08. The molecule has 0 aromatic rings. The van der Waals surface area contributed by atoms with Crippen LogP contribution in [0.25, 0.3) is 0 Å². The van der Waals surface area contributed by atoms with E-state index in [0.717, 1.165) is 19.4 Å². The van der Waals surface area contributed by atoms with Crippen molar-refractivity contribution in [3.05, 3.63) is 0 Å². The summed E-state index contributed by atoms with van der Waals surface area (Å²) in [7, 11) is -0.627. The van der Waals surface area contributed by atoms with Gasteiger partial charge in [0.05, 0.1) is 33.6 Å². The monoisotopic (exact) mass is 260 g/mol. The van der Waals surface area contributed by atoms with Crippen molar-refractivity contribution in [2.24, 2.45) is 5.73 Å². The van der Waals surface area contributed by atoms with Gasteiger partial charge in [0.1, 0.15) is 0 Å². The molecule has 0 aliphatic rings. The number of nitriles is 1. The molecule has 0 saturated heterocycles. The summed E-state index contributed by atoms with van der Waals surface area (Å²) in [4.78, 5) is 0. The van der Waals surface area contributed by atoms with E-state index in [2.05, 4.69) is 30.3 Å². The van der Waals surface area contributed by atoms with Gasteiger partial charge in [-0.15, -0.1) is 0 Å². The van der Waals surface area contributed by atoms with E-state index in [-0.39, 0.29) is 6.17 Å². The van der Waals surface area contributed by atoms with Crippen molar-refractivity contribution in [1.82, 2.24) is 10.4 Å². The SMILES string of the molecule is CCC(N)NCCC(C)NP(C)OCCC#N. The average Bonchev–Trinajstić information content (AvgIpc) is 2.29. The minimum atomic E-state index is -0.627.